The third-order valence-electron chi connectivity index (χ3n) is 5.17. The molecule has 0 bridgehead atoms. The van der Waals surface area contributed by atoms with Crippen molar-refractivity contribution in [3.8, 4) is 0 Å². The number of carbonyl (C=O) groups excluding carboxylic acids is 3. The number of anilines is 1. The van der Waals surface area contributed by atoms with Gasteiger partial charge >= 0.3 is 0 Å². The van der Waals surface area contributed by atoms with Gasteiger partial charge in [0.15, 0.2) is 0 Å². The second-order valence-corrected chi connectivity index (χ2v) is 8.23. The normalized spacial score (nSPS) is 19.1. The van der Waals surface area contributed by atoms with Gasteiger partial charge in [0.25, 0.3) is 0 Å². The SMILES string of the molecule is Cc1cccc(NC(=O)CN(CC2CCCO2)C(=O)CN2CSCC2=O)c1C. The van der Waals surface area contributed by atoms with E-state index in [2.05, 4.69) is 5.32 Å². The Hall–Kier alpha value is -2.06. The van der Waals surface area contributed by atoms with Crippen LogP contribution in [0.1, 0.15) is 24.0 Å². The maximum atomic E-state index is 12.8. The third kappa shape index (κ3) is 5.26. The minimum atomic E-state index is -0.248. The van der Waals surface area contributed by atoms with Gasteiger partial charge in [-0.05, 0) is 43.9 Å². The molecule has 2 aliphatic heterocycles. The number of thioether (sulfide) groups is 1. The molecule has 0 radical (unpaired) electrons. The van der Waals surface area contributed by atoms with E-state index in [1.54, 1.807) is 0 Å². The average Bonchev–Trinajstić information content (AvgIpc) is 3.30. The monoisotopic (exact) mass is 405 g/mol. The van der Waals surface area contributed by atoms with Crippen molar-refractivity contribution < 1.29 is 19.1 Å². The molecular formula is C20H27N3O4S. The molecular weight excluding hydrogens is 378 g/mol. The van der Waals surface area contributed by atoms with Gasteiger partial charge in [-0.1, -0.05) is 12.1 Å². The molecule has 1 atom stereocenters. The Morgan fingerprint density at radius 2 is 2.18 bits per heavy atom. The van der Waals surface area contributed by atoms with E-state index in [1.165, 1.54) is 21.6 Å². The first kappa shape index (κ1) is 20.7. The summed E-state index contributed by atoms with van der Waals surface area (Å²) in [5.74, 6) is 0.430. The summed E-state index contributed by atoms with van der Waals surface area (Å²) >= 11 is 1.50. The molecule has 0 spiro atoms. The third-order valence-corrected chi connectivity index (χ3v) is 6.11. The maximum Gasteiger partial charge on any atom is 0.244 e. The highest BCUT2D eigenvalue weighted by Crippen LogP contribution is 2.19. The largest absolute Gasteiger partial charge is 0.376 e. The van der Waals surface area contributed by atoms with Crippen molar-refractivity contribution in [2.75, 3.05) is 43.2 Å². The number of amides is 3. The lowest BCUT2D eigenvalue weighted by atomic mass is 10.1. The molecule has 2 saturated heterocycles. The van der Waals surface area contributed by atoms with Crippen molar-refractivity contribution in [1.82, 2.24) is 9.80 Å². The van der Waals surface area contributed by atoms with E-state index < -0.39 is 0 Å². The zero-order valence-corrected chi connectivity index (χ0v) is 17.2. The predicted octanol–water partition coefficient (Wildman–Crippen LogP) is 1.78. The summed E-state index contributed by atoms with van der Waals surface area (Å²) in [5, 5.41) is 2.91. The molecule has 2 fully saturated rings. The molecule has 7 nitrogen and oxygen atoms in total. The van der Waals surface area contributed by atoms with E-state index in [4.69, 9.17) is 4.74 Å². The molecule has 3 rings (SSSR count). The molecule has 1 unspecified atom stereocenters. The van der Waals surface area contributed by atoms with Crippen LogP contribution in [-0.4, -0.2) is 71.5 Å². The second-order valence-electron chi connectivity index (χ2n) is 7.27. The fourth-order valence-electron chi connectivity index (χ4n) is 3.34. The zero-order chi connectivity index (χ0) is 20.1. The van der Waals surface area contributed by atoms with Crippen LogP contribution in [0.15, 0.2) is 18.2 Å². The van der Waals surface area contributed by atoms with Gasteiger partial charge in [0.2, 0.25) is 17.7 Å². The maximum absolute atomic E-state index is 12.8. The van der Waals surface area contributed by atoms with E-state index in [0.717, 1.165) is 29.7 Å². The highest BCUT2D eigenvalue weighted by molar-refractivity contribution is 8.00. The van der Waals surface area contributed by atoms with E-state index in [-0.39, 0.29) is 36.9 Å². The zero-order valence-electron chi connectivity index (χ0n) is 16.4. The van der Waals surface area contributed by atoms with Crippen LogP contribution in [0.4, 0.5) is 5.69 Å². The minimum absolute atomic E-state index is 0.00923. The summed E-state index contributed by atoms with van der Waals surface area (Å²) in [6, 6.07) is 5.74. The topological polar surface area (TPSA) is 79.0 Å². The smallest absolute Gasteiger partial charge is 0.244 e. The average molecular weight is 406 g/mol. The van der Waals surface area contributed by atoms with Gasteiger partial charge in [0, 0.05) is 18.8 Å². The highest BCUT2D eigenvalue weighted by Gasteiger charge is 2.29. The molecule has 2 heterocycles. The number of hydrogen-bond donors (Lipinski definition) is 1. The molecule has 0 aliphatic carbocycles. The van der Waals surface area contributed by atoms with Gasteiger partial charge in [-0.3, -0.25) is 14.4 Å². The van der Waals surface area contributed by atoms with Gasteiger partial charge in [-0.25, -0.2) is 0 Å². The quantitative estimate of drug-likeness (QED) is 0.748. The van der Waals surface area contributed by atoms with Crippen LogP contribution >= 0.6 is 11.8 Å². The Morgan fingerprint density at radius 1 is 1.36 bits per heavy atom. The summed E-state index contributed by atoms with van der Waals surface area (Å²) in [7, 11) is 0. The lowest BCUT2D eigenvalue weighted by Crippen LogP contribution is -2.47. The molecule has 152 valence electrons. The first-order chi connectivity index (χ1) is 13.4. The van der Waals surface area contributed by atoms with Crippen molar-refractivity contribution in [2.24, 2.45) is 0 Å². The predicted molar refractivity (Wildman–Crippen MR) is 109 cm³/mol. The Labute approximate surface area is 169 Å². The summed E-state index contributed by atoms with van der Waals surface area (Å²) in [5.41, 5.74) is 2.85. The van der Waals surface area contributed by atoms with Crippen LogP contribution in [-0.2, 0) is 19.1 Å². The number of aryl methyl sites for hydroxylation is 1. The molecule has 1 aromatic rings. The van der Waals surface area contributed by atoms with Crippen molar-refractivity contribution in [3.63, 3.8) is 0 Å². The van der Waals surface area contributed by atoms with Crippen LogP contribution in [0, 0.1) is 13.8 Å². The van der Waals surface area contributed by atoms with Crippen LogP contribution < -0.4 is 5.32 Å². The minimum Gasteiger partial charge on any atom is -0.376 e. The highest BCUT2D eigenvalue weighted by atomic mass is 32.2. The molecule has 1 N–H and O–H groups in total. The molecule has 0 saturated carbocycles. The first-order valence-corrected chi connectivity index (χ1v) is 10.7. The summed E-state index contributed by atoms with van der Waals surface area (Å²) in [4.78, 5) is 40.4. The van der Waals surface area contributed by atoms with E-state index in [1.807, 2.05) is 32.0 Å². The van der Waals surface area contributed by atoms with E-state index in [9.17, 15) is 14.4 Å². The number of carbonyl (C=O) groups is 3. The summed E-state index contributed by atoms with van der Waals surface area (Å²) in [6.45, 7) is 4.95. The molecule has 0 aromatic heterocycles. The van der Waals surface area contributed by atoms with Crippen molar-refractivity contribution in [1.29, 1.82) is 0 Å². The van der Waals surface area contributed by atoms with Crippen LogP contribution in [0.2, 0.25) is 0 Å². The number of benzene rings is 1. The van der Waals surface area contributed by atoms with Gasteiger partial charge in [-0.15, -0.1) is 11.8 Å². The Balaban J connectivity index is 1.65. The van der Waals surface area contributed by atoms with Crippen LogP contribution in [0.3, 0.4) is 0 Å². The molecule has 1 aromatic carbocycles. The lowest BCUT2D eigenvalue weighted by molar-refractivity contribution is -0.140. The number of rotatable bonds is 7. The Morgan fingerprint density at radius 3 is 2.86 bits per heavy atom. The number of nitrogens with one attached hydrogen (secondary N) is 1. The van der Waals surface area contributed by atoms with E-state index >= 15 is 0 Å². The Kier molecular flexibility index (Phi) is 6.96. The van der Waals surface area contributed by atoms with Crippen LogP contribution in [0.5, 0.6) is 0 Å². The fraction of sp³-hybridized carbons (Fsp3) is 0.550. The number of nitrogens with zero attached hydrogens (tertiary/aromatic N) is 2. The molecule has 3 amide bonds. The van der Waals surface area contributed by atoms with Crippen LogP contribution in [0.25, 0.3) is 0 Å². The standard InChI is InChI=1S/C20H27N3O4S/c1-14-5-3-7-17(15(14)2)21-18(24)10-22(9-16-6-4-8-27-16)19(25)11-23-13-28-12-20(23)26/h3,5,7,16H,4,6,8-13H2,1-2H3,(H,21,24). The lowest BCUT2D eigenvalue weighted by Gasteiger charge is -2.27. The first-order valence-electron chi connectivity index (χ1n) is 9.55. The summed E-state index contributed by atoms with van der Waals surface area (Å²) < 4.78 is 5.65. The van der Waals surface area contributed by atoms with E-state index in [0.29, 0.717) is 24.8 Å². The van der Waals surface area contributed by atoms with Gasteiger partial charge in [0.05, 0.1) is 17.7 Å². The van der Waals surface area contributed by atoms with Gasteiger partial charge in [0.1, 0.15) is 13.1 Å². The van der Waals surface area contributed by atoms with Gasteiger partial charge in [-0.2, -0.15) is 0 Å². The number of hydrogen-bond acceptors (Lipinski definition) is 5. The van der Waals surface area contributed by atoms with Crippen molar-refractivity contribution in [2.45, 2.75) is 32.8 Å². The van der Waals surface area contributed by atoms with Crippen molar-refractivity contribution >= 4 is 35.2 Å². The fourth-order valence-corrected chi connectivity index (χ4v) is 4.25. The summed E-state index contributed by atoms with van der Waals surface area (Å²) in [6.07, 6.45) is 1.78. The van der Waals surface area contributed by atoms with Gasteiger partial charge < -0.3 is 19.9 Å². The van der Waals surface area contributed by atoms with Crippen molar-refractivity contribution in [3.05, 3.63) is 29.3 Å². The molecule has 8 heteroatoms. The Bertz CT molecular complexity index is 749. The molecule has 2 aliphatic rings. The number of ether oxygens (including phenoxy) is 1. The second kappa shape index (κ2) is 9.43. The molecule has 28 heavy (non-hydrogen) atoms.